The first-order valence-corrected chi connectivity index (χ1v) is 9.13. The highest BCUT2D eigenvalue weighted by Gasteiger charge is 2.22. The predicted octanol–water partition coefficient (Wildman–Crippen LogP) is 2.89. The molecule has 0 bridgehead atoms. The van der Waals surface area contributed by atoms with E-state index < -0.39 is 14.9 Å². The molecule has 8 heteroatoms. The zero-order chi connectivity index (χ0) is 17.0. The van der Waals surface area contributed by atoms with Crippen LogP contribution in [0.3, 0.4) is 0 Å². The van der Waals surface area contributed by atoms with E-state index in [9.17, 15) is 18.5 Å². The van der Waals surface area contributed by atoms with E-state index in [4.69, 9.17) is 0 Å². The standard InChI is InChI=1S/C15H21N3O4S/c1-3-15(17-9-5-4-6-10-17)16-23(21,22)13-8-7-12(2)14(11-13)18(19)20/h7-8,11H,3-6,9-10H2,1-2H3/b16-15-. The van der Waals surface area contributed by atoms with Crippen LogP contribution in [0.25, 0.3) is 0 Å². The van der Waals surface area contributed by atoms with Gasteiger partial charge in [0, 0.05) is 31.1 Å². The average molecular weight is 339 g/mol. The highest BCUT2D eigenvalue weighted by atomic mass is 32.2. The average Bonchev–Trinajstić information content (AvgIpc) is 2.53. The Balaban J connectivity index is 2.38. The number of nitrogens with zero attached hydrogens (tertiary/aromatic N) is 3. The van der Waals surface area contributed by atoms with Crippen LogP contribution in [-0.2, 0) is 10.0 Å². The Hall–Kier alpha value is -1.96. The second kappa shape index (κ2) is 7.08. The van der Waals surface area contributed by atoms with Crippen LogP contribution >= 0.6 is 0 Å². The third-order valence-corrected chi connectivity index (χ3v) is 5.24. The third-order valence-electron chi connectivity index (χ3n) is 3.94. The van der Waals surface area contributed by atoms with Crippen molar-refractivity contribution in [3.8, 4) is 0 Å². The van der Waals surface area contributed by atoms with Gasteiger partial charge in [-0.05, 0) is 32.3 Å². The fraction of sp³-hybridized carbons (Fsp3) is 0.533. The second-order valence-electron chi connectivity index (χ2n) is 5.59. The Morgan fingerprint density at radius 1 is 1.30 bits per heavy atom. The first-order valence-electron chi connectivity index (χ1n) is 7.69. The molecule has 1 aliphatic heterocycles. The molecule has 1 saturated heterocycles. The molecule has 0 N–H and O–H groups in total. The summed E-state index contributed by atoms with van der Waals surface area (Å²) in [5.74, 6) is 0.521. The van der Waals surface area contributed by atoms with Gasteiger partial charge in [0.2, 0.25) is 0 Å². The van der Waals surface area contributed by atoms with Gasteiger partial charge in [0.05, 0.1) is 9.82 Å². The zero-order valence-electron chi connectivity index (χ0n) is 13.4. The van der Waals surface area contributed by atoms with E-state index in [1.54, 1.807) is 6.92 Å². The maximum absolute atomic E-state index is 12.5. The number of hydrogen-bond donors (Lipinski definition) is 0. The van der Waals surface area contributed by atoms with Crippen LogP contribution < -0.4 is 0 Å². The van der Waals surface area contributed by atoms with Crippen molar-refractivity contribution in [2.75, 3.05) is 13.1 Å². The molecule has 1 heterocycles. The summed E-state index contributed by atoms with van der Waals surface area (Å²) in [5.41, 5.74) is 0.210. The van der Waals surface area contributed by atoms with Crippen molar-refractivity contribution >= 4 is 21.5 Å². The molecule has 0 amide bonds. The lowest BCUT2D eigenvalue weighted by atomic mass is 10.1. The van der Waals surface area contributed by atoms with Crippen molar-refractivity contribution in [1.29, 1.82) is 0 Å². The van der Waals surface area contributed by atoms with E-state index in [0.29, 0.717) is 17.8 Å². The molecule has 7 nitrogen and oxygen atoms in total. The molecule has 126 valence electrons. The zero-order valence-corrected chi connectivity index (χ0v) is 14.2. The molecule has 23 heavy (non-hydrogen) atoms. The molecule has 0 aliphatic carbocycles. The lowest BCUT2D eigenvalue weighted by Crippen LogP contribution is -2.35. The maximum atomic E-state index is 12.5. The Morgan fingerprint density at radius 2 is 1.96 bits per heavy atom. The number of piperidine rings is 1. The van der Waals surface area contributed by atoms with Gasteiger partial charge in [0.15, 0.2) is 0 Å². The Morgan fingerprint density at radius 3 is 2.52 bits per heavy atom. The number of amidine groups is 1. The minimum absolute atomic E-state index is 0.141. The van der Waals surface area contributed by atoms with Gasteiger partial charge in [-0.2, -0.15) is 8.42 Å². The highest BCUT2D eigenvalue weighted by molar-refractivity contribution is 7.90. The lowest BCUT2D eigenvalue weighted by Gasteiger charge is -2.29. The smallest absolute Gasteiger partial charge is 0.284 e. The van der Waals surface area contributed by atoms with Gasteiger partial charge in [-0.1, -0.05) is 13.0 Å². The maximum Gasteiger partial charge on any atom is 0.284 e. The van der Waals surface area contributed by atoms with Crippen molar-refractivity contribution < 1.29 is 13.3 Å². The minimum atomic E-state index is -3.95. The largest absolute Gasteiger partial charge is 0.359 e. The second-order valence-corrected chi connectivity index (χ2v) is 7.19. The van der Waals surface area contributed by atoms with Crippen LogP contribution in [0.4, 0.5) is 5.69 Å². The summed E-state index contributed by atoms with van der Waals surface area (Å²) in [5, 5.41) is 11.0. The summed E-state index contributed by atoms with van der Waals surface area (Å²) in [6.45, 7) is 5.04. The molecule has 0 unspecified atom stereocenters. The van der Waals surface area contributed by atoms with Crippen LogP contribution in [0.15, 0.2) is 27.5 Å². The summed E-state index contributed by atoms with van der Waals surface area (Å²) in [4.78, 5) is 12.3. The SMILES string of the molecule is CC/C(=N/S(=O)(=O)c1ccc(C)c([N+](=O)[O-])c1)N1CCCCC1. The third kappa shape index (κ3) is 4.07. The number of benzene rings is 1. The van der Waals surface area contributed by atoms with Gasteiger partial charge < -0.3 is 4.90 Å². The number of nitro benzene ring substituents is 1. The molecule has 1 aromatic carbocycles. The van der Waals surface area contributed by atoms with Crippen LogP contribution in [0.5, 0.6) is 0 Å². The van der Waals surface area contributed by atoms with Crippen LogP contribution in [0.2, 0.25) is 0 Å². The summed E-state index contributed by atoms with van der Waals surface area (Å²) in [6.07, 6.45) is 3.70. The van der Waals surface area contributed by atoms with E-state index in [2.05, 4.69) is 4.40 Å². The number of sulfonamides is 1. The molecular weight excluding hydrogens is 318 g/mol. The molecule has 0 atom stereocenters. The van der Waals surface area contributed by atoms with Crippen molar-refractivity contribution in [3.63, 3.8) is 0 Å². The van der Waals surface area contributed by atoms with E-state index >= 15 is 0 Å². The number of likely N-dealkylation sites (tertiary alicyclic amines) is 1. The van der Waals surface area contributed by atoms with Gasteiger partial charge in [-0.15, -0.1) is 4.40 Å². The van der Waals surface area contributed by atoms with Gasteiger partial charge in [-0.3, -0.25) is 10.1 Å². The summed E-state index contributed by atoms with van der Waals surface area (Å²) >= 11 is 0. The number of rotatable bonds is 4. The fourth-order valence-corrected chi connectivity index (χ4v) is 3.76. The minimum Gasteiger partial charge on any atom is -0.359 e. The Kier molecular flexibility index (Phi) is 5.35. The molecule has 1 aromatic rings. The first-order chi connectivity index (χ1) is 10.8. The quantitative estimate of drug-likeness (QED) is 0.364. The van der Waals surface area contributed by atoms with E-state index in [-0.39, 0.29) is 10.6 Å². The summed E-state index contributed by atoms with van der Waals surface area (Å²) < 4.78 is 28.9. The molecule has 0 saturated carbocycles. The number of aryl methyl sites for hydroxylation is 1. The molecule has 1 aliphatic rings. The molecule has 0 radical (unpaired) electrons. The summed E-state index contributed by atoms with van der Waals surface area (Å²) in [6, 6.07) is 3.88. The highest BCUT2D eigenvalue weighted by Crippen LogP contribution is 2.24. The monoisotopic (exact) mass is 339 g/mol. The Labute approximate surface area is 136 Å². The fourth-order valence-electron chi connectivity index (χ4n) is 2.64. The van der Waals surface area contributed by atoms with E-state index in [0.717, 1.165) is 38.4 Å². The number of hydrogen-bond acceptors (Lipinski definition) is 4. The van der Waals surface area contributed by atoms with Gasteiger partial charge >= 0.3 is 0 Å². The molecule has 2 rings (SSSR count). The topological polar surface area (TPSA) is 92.9 Å². The van der Waals surface area contributed by atoms with Crippen LogP contribution in [-0.4, -0.2) is 37.2 Å². The van der Waals surface area contributed by atoms with Crippen molar-refractivity contribution in [2.45, 2.75) is 44.4 Å². The lowest BCUT2D eigenvalue weighted by molar-refractivity contribution is -0.385. The molecule has 0 aromatic heterocycles. The van der Waals surface area contributed by atoms with Crippen LogP contribution in [0, 0.1) is 17.0 Å². The van der Waals surface area contributed by atoms with E-state index in [1.807, 2.05) is 11.8 Å². The summed E-state index contributed by atoms with van der Waals surface area (Å²) in [7, 11) is -3.95. The Bertz CT molecular complexity index is 722. The predicted molar refractivity (Wildman–Crippen MR) is 88.2 cm³/mol. The molecule has 1 fully saturated rings. The first kappa shape index (κ1) is 17.4. The van der Waals surface area contributed by atoms with Gasteiger partial charge in [0.1, 0.15) is 5.84 Å². The van der Waals surface area contributed by atoms with Crippen LogP contribution in [0.1, 0.15) is 38.2 Å². The molecule has 0 spiro atoms. The van der Waals surface area contributed by atoms with Crippen molar-refractivity contribution in [3.05, 3.63) is 33.9 Å². The van der Waals surface area contributed by atoms with Gasteiger partial charge in [0.25, 0.3) is 15.7 Å². The van der Waals surface area contributed by atoms with Gasteiger partial charge in [-0.25, -0.2) is 0 Å². The van der Waals surface area contributed by atoms with E-state index in [1.165, 1.54) is 12.1 Å². The normalized spacial score (nSPS) is 16.4. The molecular formula is C15H21N3O4S. The number of nitro groups is 1. The van der Waals surface area contributed by atoms with Crippen molar-refractivity contribution in [1.82, 2.24) is 4.90 Å². The van der Waals surface area contributed by atoms with Crippen molar-refractivity contribution in [2.24, 2.45) is 4.40 Å².